The topological polar surface area (TPSA) is 0 Å². The normalized spacial score (nSPS) is 9.00. The third-order valence-electron chi connectivity index (χ3n) is 0.638. The minimum absolute atomic E-state index is 1.17. The van der Waals surface area contributed by atoms with E-state index in [0.717, 1.165) is 0 Å². The van der Waals surface area contributed by atoms with Crippen LogP contribution in [-0.4, -0.2) is 14.6 Å². The molecular weight excluding hydrogens is 69.7 g/mol. The third-order valence-corrected chi connectivity index (χ3v) is 0.638. The molecule has 0 saturated heterocycles. The standard InChI is InChI=1S/C4H10B2/c1-5-3-4-6-2/h3-6H,1-2H3/b4-3-. The van der Waals surface area contributed by atoms with Gasteiger partial charge in [0.25, 0.3) is 0 Å². The summed E-state index contributed by atoms with van der Waals surface area (Å²) in [6.45, 7) is 4.29. The number of rotatable bonds is 2. The predicted octanol–water partition coefficient (Wildman–Crippen LogP) is 0.427. The molecular formula is C4H10B2. The Morgan fingerprint density at radius 2 is 1.33 bits per heavy atom. The van der Waals surface area contributed by atoms with Gasteiger partial charge in [-0.2, -0.15) is 0 Å². The molecule has 0 aliphatic carbocycles. The number of hydrogen-bond donors (Lipinski definition) is 0. The van der Waals surface area contributed by atoms with Crippen LogP contribution in [0.1, 0.15) is 0 Å². The highest BCUT2D eigenvalue weighted by molar-refractivity contribution is 6.47. The zero-order chi connectivity index (χ0) is 4.83. The summed E-state index contributed by atoms with van der Waals surface area (Å²) in [6.07, 6.45) is 0. The summed E-state index contributed by atoms with van der Waals surface area (Å²) < 4.78 is 0. The Morgan fingerprint density at radius 3 is 1.50 bits per heavy atom. The molecule has 0 saturated carbocycles. The van der Waals surface area contributed by atoms with Crippen molar-refractivity contribution in [2.75, 3.05) is 0 Å². The molecule has 0 aromatic rings. The van der Waals surface area contributed by atoms with Gasteiger partial charge >= 0.3 is 0 Å². The van der Waals surface area contributed by atoms with Crippen LogP contribution in [0.3, 0.4) is 0 Å². The largest absolute Gasteiger partial charge is 0.143 e. The molecule has 2 heteroatoms. The molecule has 0 rings (SSSR count). The van der Waals surface area contributed by atoms with E-state index in [9.17, 15) is 0 Å². The molecule has 0 bridgehead atoms. The van der Waals surface area contributed by atoms with Gasteiger partial charge in [0, 0.05) is 0 Å². The molecule has 32 valence electrons. The minimum Gasteiger partial charge on any atom is -0.132 e. The van der Waals surface area contributed by atoms with Gasteiger partial charge in [-0.3, -0.25) is 0 Å². The van der Waals surface area contributed by atoms with Gasteiger partial charge in [0.2, 0.25) is 0 Å². The molecule has 0 fully saturated rings. The van der Waals surface area contributed by atoms with Crippen LogP contribution in [0.5, 0.6) is 0 Å². The first-order valence-electron chi connectivity index (χ1n) is 2.56. The van der Waals surface area contributed by atoms with Crippen LogP contribution >= 0.6 is 0 Å². The molecule has 0 nitrogen and oxygen atoms in total. The van der Waals surface area contributed by atoms with E-state index in [4.69, 9.17) is 0 Å². The lowest BCUT2D eigenvalue weighted by Gasteiger charge is -1.68. The molecule has 0 aromatic carbocycles. The summed E-state index contributed by atoms with van der Waals surface area (Å²) in [5.74, 6) is 4.36. The summed E-state index contributed by atoms with van der Waals surface area (Å²) >= 11 is 0. The second kappa shape index (κ2) is 4.87. The Morgan fingerprint density at radius 1 is 1.00 bits per heavy atom. The first-order chi connectivity index (χ1) is 2.91. The van der Waals surface area contributed by atoms with Gasteiger partial charge in [-0.15, -0.1) is 12.0 Å². The van der Waals surface area contributed by atoms with Gasteiger partial charge in [-0.1, -0.05) is 13.6 Å². The van der Waals surface area contributed by atoms with E-state index < -0.39 is 0 Å². The van der Waals surface area contributed by atoms with Crippen molar-refractivity contribution in [3.05, 3.63) is 12.0 Å². The molecule has 0 heterocycles. The Bertz CT molecular complexity index is 34.8. The van der Waals surface area contributed by atoms with Crippen molar-refractivity contribution in [1.82, 2.24) is 0 Å². The van der Waals surface area contributed by atoms with Crippen LogP contribution in [0, 0.1) is 0 Å². The summed E-state index contributed by atoms with van der Waals surface area (Å²) in [5, 5.41) is 0. The summed E-state index contributed by atoms with van der Waals surface area (Å²) in [4.78, 5) is 0. The first-order valence-corrected chi connectivity index (χ1v) is 2.56. The highest BCUT2D eigenvalue weighted by Crippen LogP contribution is 1.63. The van der Waals surface area contributed by atoms with E-state index in [2.05, 4.69) is 25.6 Å². The van der Waals surface area contributed by atoms with Crippen LogP contribution in [-0.2, 0) is 0 Å². The fourth-order valence-electron chi connectivity index (χ4n) is 0.333. The summed E-state index contributed by atoms with van der Waals surface area (Å²) in [5.41, 5.74) is 0. The van der Waals surface area contributed by atoms with Crippen molar-refractivity contribution in [2.45, 2.75) is 13.6 Å². The van der Waals surface area contributed by atoms with Crippen LogP contribution in [0.4, 0.5) is 0 Å². The summed E-state index contributed by atoms with van der Waals surface area (Å²) in [7, 11) is 2.35. The maximum absolute atomic E-state index is 2.18. The van der Waals surface area contributed by atoms with E-state index in [1.807, 2.05) is 0 Å². The van der Waals surface area contributed by atoms with Crippen molar-refractivity contribution < 1.29 is 0 Å². The van der Waals surface area contributed by atoms with Gasteiger partial charge in [0.15, 0.2) is 0 Å². The zero-order valence-corrected chi connectivity index (χ0v) is 4.57. The molecule has 0 aliphatic rings. The fraction of sp³-hybridized carbons (Fsp3) is 0.500. The SMILES string of the molecule is CB/C=C\BC. The van der Waals surface area contributed by atoms with Crippen molar-refractivity contribution in [3.63, 3.8) is 0 Å². The van der Waals surface area contributed by atoms with Gasteiger partial charge in [0.05, 0.1) is 0 Å². The molecule has 0 spiro atoms. The minimum atomic E-state index is 1.17. The van der Waals surface area contributed by atoms with Crippen molar-refractivity contribution in [3.8, 4) is 0 Å². The second-order valence-corrected chi connectivity index (χ2v) is 1.29. The maximum Gasteiger partial charge on any atom is 0.143 e. The molecule has 0 atom stereocenters. The van der Waals surface area contributed by atoms with Gasteiger partial charge < -0.3 is 0 Å². The van der Waals surface area contributed by atoms with E-state index in [1.165, 1.54) is 14.6 Å². The lowest BCUT2D eigenvalue weighted by Crippen LogP contribution is -1.74. The average Bonchev–Trinajstić information content (AvgIpc) is 1.61. The van der Waals surface area contributed by atoms with Gasteiger partial charge in [0.1, 0.15) is 14.6 Å². The molecule has 0 N–H and O–H groups in total. The Kier molecular flexibility index (Phi) is 4.76. The lowest BCUT2D eigenvalue weighted by molar-refractivity contribution is 2.18. The monoisotopic (exact) mass is 80.1 g/mol. The second-order valence-electron chi connectivity index (χ2n) is 1.29. The third kappa shape index (κ3) is 3.87. The van der Waals surface area contributed by atoms with E-state index in [-0.39, 0.29) is 0 Å². The van der Waals surface area contributed by atoms with Crippen molar-refractivity contribution in [1.29, 1.82) is 0 Å². The molecule has 0 aromatic heterocycles. The van der Waals surface area contributed by atoms with Crippen LogP contribution in [0.2, 0.25) is 13.6 Å². The molecule has 0 aliphatic heterocycles. The quantitative estimate of drug-likeness (QED) is 0.421. The molecule has 0 unspecified atom stereocenters. The predicted molar refractivity (Wildman–Crippen MR) is 35.2 cm³/mol. The van der Waals surface area contributed by atoms with Gasteiger partial charge in [-0.25, -0.2) is 0 Å². The summed E-state index contributed by atoms with van der Waals surface area (Å²) in [6, 6.07) is 0. The lowest BCUT2D eigenvalue weighted by atomic mass is 9.74. The van der Waals surface area contributed by atoms with E-state index in [1.54, 1.807) is 0 Å². The highest BCUT2D eigenvalue weighted by Gasteiger charge is 1.65. The van der Waals surface area contributed by atoms with Crippen molar-refractivity contribution >= 4 is 14.6 Å². The smallest absolute Gasteiger partial charge is 0.132 e. The molecule has 6 heavy (non-hydrogen) atoms. The van der Waals surface area contributed by atoms with Crippen LogP contribution in [0.15, 0.2) is 12.0 Å². The Hall–Kier alpha value is -0.130. The first kappa shape index (κ1) is 5.87. The highest BCUT2D eigenvalue weighted by atomic mass is 13.3. The molecule has 0 radical (unpaired) electrons. The Labute approximate surface area is 41.1 Å². The van der Waals surface area contributed by atoms with Gasteiger partial charge in [-0.05, 0) is 0 Å². The maximum atomic E-state index is 2.18. The average molecular weight is 79.7 g/mol. The van der Waals surface area contributed by atoms with E-state index in [0.29, 0.717) is 0 Å². The van der Waals surface area contributed by atoms with Crippen LogP contribution in [0.25, 0.3) is 0 Å². The van der Waals surface area contributed by atoms with Crippen LogP contribution < -0.4 is 0 Å². The Balaban J connectivity index is 2.73. The molecule has 0 amide bonds. The zero-order valence-electron chi connectivity index (χ0n) is 4.57. The van der Waals surface area contributed by atoms with E-state index >= 15 is 0 Å². The van der Waals surface area contributed by atoms with Crippen molar-refractivity contribution in [2.24, 2.45) is 0 Å². The fourth-order valence-corrected chi connectivity index (χ4v) is 0.333. The number of hydrogen-bond acceptors (Lipinski definition) is 0.